The summed E-state index contributed by atoms with van der Waals surface area (Å²) in [5.41, 5.74) is 0.786. The van der Waals surface area contributed by atoms with Crippen molar-refractivity contribution in [1.82, 2.24) is 0 Å². The minimum absolute atomic E-state index is 0.0311. The van der Waals surface area contributed by atoms with E-state index in [0.29, 0.717) is 11.5 Å². The molecule has 0 radical (unpaired) electrons. The van der Waals surface area contributed by atoms with Gasteiger partial charge in [0.2, 0.25) is 6.79 Å². The van der Waals surface area contributed by atoms with Crippen molar-refractivity contribution in [1.29, 1.82) is 0 Å². The Morgan fingerprint density at radius 2 is 2.13 bits per heavy atom. The first-order valence-corrected chi connectivity index (χ1v) is 4.65. The lowest BCUT2D eigenvalue weighted by molar-refractivity contribution is -0.126. The van der Waals surface area contributed by atoms with Crippen LogP contribution in [0.25, 0.3) is 0 Å². The summed E-state index contributed by atoms with van der Waals surface area (Å²) in [6.07, 6.45) is -0.528. The third-order valence-corrected chi connectivity index (χ3v) is 2.30. The van der Waals surface area contributed by atoms with Gasteiger partial charge >= 0.3 is 0 Å². The van der Waals surface area contributed by atoms with Gasteiger partial charge in [-0.3, -0.25) is 4.79 Å². The lowest BCUT2D eigenvalue weighted by Gasteiger charge is -2.12. The number of carbonyl (C=O) groups excluding carboxylic acids is 1. The Kier molecular flexibility index (Phi) is 2.60. The molecule has 4 heteroatoms. The largest absolute Gasteiger partial charge is 0.454 e. The number of benzene rings is 1. The summed E-state index contributed by atoms with van der Waals surface area (Å²) in [5.74, 6) is 1.34. The van der Waals surface area contributed by atoms with E-state index in [0.717, 1.165) is 5.56 Å². The van der Waals surface area contributed by atoms with Crippen molar-refractivity contribution in [2.45, 2.75) is 13.0 Å². The number of carbonyl (C=O) groups is 1. The molecular weight excluding hydrogens is 196 g/mol. The smallest absolute Gasteiger partial charge is 0.231 e. The maximum absolute atomic E-state index is 11.3. The number of methoxy groups -OCH3 is 1. The lowest BCUT2D eigenvalue weighted by Crippen LogP contribution is -2.10. The molecule has 1 aliphatic rings. The molecule has 0 amide bonds. The average molecular weight is 208 g/mol. The summed E-state index contributed by atoms with van der Waals surface area (Å²) in [6, 6.07) is 5.37. The number of ether oxygens (including phenoxy) is 3. The van der Waals surface area contributed by atoms with E-state index in [4.69, 9.17) is 14.2 Å². The summed E-state index contributed by atoms with van der Waals surface area (Å²) in [7, 11) is 1.51. The highest BCUT2D eigenvalue weighted by atomic mass is 16.7. The van der Waals surface area contributed by atoms with Crippen LogP contribution in [0.15, 0.2) is 18.2 Å². The summed E-state index contributed by atoms with van der Waals surface area (Å²) in [4.78, 5) is 11.3. The molecule has 0 aromatic heterocycles. The van der Waals surface area contributed by atoms with Crippen LogP contribution in [0.4, 0.5) is 0 Å². The van der Waals surface area contributed by atoms with Gasteiger partial charge in [0.25, 0.3) is 0 Å². The van der Waals surface area contributed by atoms with Crippen LogP contribution in [0.1, 0.15) is 18.6 Å². The minimum atomic E-state index is -0.528. The molecule has 4 nitrogen and oxygen atoms in total. The highest BCUT2D eigenvalue weighted by Gasteiger charge is 2.20. The monoisotopic (exact) mass is 208 g/mol. The van der Waals surface area contributed by atoms with Crippen LogP contribution in [0.5, 0.6) is 11.5 Å². The van der Waals surface area contributed by atoms with E-state index in [1.165, 1.54) is 14.0 Å². The summed E-state index contributed by atoms with van der Waals surface area (Å²) < 4.78 is 15.5. The summed E-state index contributed by atoms with van der Waals surface area (Å²) in [5, 5.41) is 0. The molecule has 0 bridgehead atoms. The highest BCUT2D eigenvalue weighted by molar-refractivity contribution is 5.82. The first kappa shape index (κ1) is 9.98. The van der Waals surface area contributed by atoms with Crippen LogP contribution in [0.3, 0.4) is 0 Å². The molecule has 80 valence electrons. The van der Waals surface area contributed by atoms with E-state index in [-0.39, 0.29) is 12.6 Å². The maximum Gasteiger partial charge on any atom is 0.231 e. The maximum atomic E-state index is 11.3. The van der Waals surface area contributed by atoms with Crippen LogP contribution in [-0.2, 0) is 9.53 Å². The molecular formula is C11H12O4. The van der Waals surface area contributed by atoms with Crippen LogP contribution in [-0.4, -0.2) is 19.7 Å². The Labute approximate surface area is 87.8 Å². The second kappa shape index (κ2) is 3.90. The standard InChI is InChI=1S/C11H12O4/c1-7(12)11(13-2)8-3-4-9-10(5-8)15-6-14-9/h3-5,11H,6H2,1-2H3. The number of Topliss-reactive ketones (excluding diaryl/α,β-unsaturated/α-hetero) is 1. The topological polar surface area (TPSA) is 44.8 Å². The van der Waals surface area contributed by atoms with Gasteiger partial charge in [-0.2, -0.15) is 0 Å². The van der Waals surface area contributed by atoms with E-state index in [2.05, 4.69) is 0 Å². The van der Waals surface area contributed by atoms with Crippen molar-refractivity contribution in [3.63, 3.8) is 0 Å². The molecule has 2 rings (SSSR count). The first-order valence-electron chi connectivity index (χ1n) is 4.65. The van der Waals surface area contributed by atoms with Crippen LogP contribution < -0.4 is 9.47 Å². The van der Waals surface area contributed by atoms with Crippen molar-refractivity contribution in [2.75, 3.05) is 13.9 Å². The van der Waals surface area contributed by atoms with Gasteiger partial charge in [0.1, 0.15) is 6.10 Å². The van der Waals surface area contributed by atoms with Gasteiger partial charge in [0.15, 0.2) is 17.3 Å². The number of rotatable bonds is 3. The molecule has 1 heterocycles. The van der Waals surface area contributed by atoms with Crippen LogP contribution in [0, 0.1) is 0 Å². The van der Waals surface area contributed by atoms with Crippen molar-refractivity contribution < 1.29 is 19.0 Å². The van der Waals surface area contributed by atoms with Gasteiger partial charge in [-0.15, -0.1) is 0 Å². The number of hydrogen-bond acceptors (Lipinski definition) is 4. The zero-order valence-corrected chi connectivity index (χ0v) is 8.65. The molecule has 0 aliphatic carbocycles. The molecule has 1 atom stereocenters. The predicted octanol–water partition coefficient (Wildman–Crippen LogP) is 1.69. The fourth-order valence-corrected chi connectivity index (χ4v) is 1.61. The average Bonchev–Trinajstić information content (AvgIpc) is 2.65. The molecule has 0 N–H and O–H groups in total. The van der Waals surface area contributed by atoms with Gasteiger partial charge in [0.05, 0.1) is 0 Å². The van der Waals surface area contributed by atoms with Gasteiger partial charge < -0.3 is 14.2 Å². The van der Waals surface area contributed by atoms with Crippen molar-refractivity contribution >= 4 is 5.78 Å². The van der Waals surface area contributed by atoms with Gasteiger partial charge in [0, 0.05) is 7.11 Å². The van der Waals surface area contributed by atoms with Gasteiger partial charge in [-0.1, -0.05) is 6.07 Å². The molecule has 0 saturated carbocycles. The summed E-state index contributed by atoms with van der Waals surface area (Å²) >= 11 is 0. The molecule has 1 unspecified atom stereocenters. The fourth-order valence-electron chi connectivity index (χ4n) is 1.61. The van der Waals surface area contributed by atoms with E-state index in [9.17, 15) is 4.79 Å². The molecule has 1 aromatic carbocycles. The Bertz CT molecular complexity index is 386. The fraction of sp³-hybridized carbons (Fsp3) is 0.364. The first-order chi connectivity index (χ1) is 7.22. The molecule has 0 fully saturated rings. The Balaban J connectivity index is 2.32. The van der Waals surface area contributed by atoms with Crippen LogP contribution in [0.2, 0.25) is 0 Å². The summed E-state index contributed by atoms with van der Waals surface area (Å²) in [6.45, 7) is 1.73. The number of hydrogen-bond donors (Lipinski definition) is 0. The lowest BCUT2D eigenvalue weighted by atomic mass is 10.1. The number of ketones is 1. The van der Waals surface area contributed by atoms with Crippen molar-refractivity contribution in [3.8, 4) is 11.5 Å². The number of fused-ring (bicyclic) bond motifs is 1. The Hall–Kier alpha value is -1.55. The third-order valence-electron chi connectivity index (χ3n) is 2.30. The van der Waals surface area contributed by atoms with E-state index in [1.54, 1.807) is 12.1 Å². The zero-order valence-electron chi connectivity index (χ0n) is 8.65. The van der Waals surface area contributed by atoms with Crippen LogP contribution >= 0.6 is 0 Å². The normalized spacial score (nSPS) is 15.1. The molecule has 0 spiro atoms. The van der Waals surface area contributed by atoms with E-state index in [1.807, 2.05) is 6.07 Å². The second-order valence-corrected chi connectivity index (χ2v) is 3.34. The third kappa shape index (κ3) is 1.80. The molecule has 0 saturated heterocycles. The zero-order chi connectivity index (χ0) is 10.8. The molecule has 1 aliphatic heterocycles. The SMILES string of the molecule is COC(C(C)=O)c1ccc2c(c1)OCO2. The van der Waals surface area contributed by atoms with Crippen molar-refractivity contribution in [3.05, 3.63) is 23.8 Å². The van der Waals surface area contributed by atoms with E-state index >= 15 is 0 Å². The Morgan fingerprint density at radius 1 is 1.40 bits per heavy atom. The van der Waals surface area contributed by atoms with Gasteiger partial charge in [-0.25, -0.2) is 0 Å². The quantitative estimate of drug-likeness (QED) is 0.758. The second-order valence-electron chi connectivity index (χ2n) is 3.34. The van der Waals surface area contributed by atoms with E-state index < -0.39 is 6.10 Å². The molecule has 15 heavy (non-hydrogen) atoms. The van der Waals surface area contributed by atoms with Gasteiger partial charge in [-0.05, 0) is 24.6 Å². The Morgan fingerprint density at radius 3 is 2.80 bits per heavy atom. The minimum Gasteiger partial charge on any atom is -0.454 e. The predicted molar refractivity (Wildman–Crippen MR) is 53.0 cm³/mol. The van der Waals surface area contributed by atoms with Crippen molar-refractivity contribution in [2.24, 2.45) is 0 Å². The molecule has 1 aromatic rings. The highest BCUT2D eigenvalue weighted by Crippen LogP contribution is 2.34.